The maximum atomic E-state index is 12.3. The van der Waals surface area contributed by atoms with Gasteiger partial charge in [0, 0.05) is 48.9 Å². The predicted molar refractivity (Wildman–Crippen MR) is 134 cm³/mol. The molecule has 3 aromatic heterocycles. The van der Waals surface area contributed by atoms with Gasteiger partial charge >= 0.3 is 0 Å². The standard InChI is InChI=1S/C28H23N5O2/c34-28-12-10-25(31-33(28)26-6-1-2-15-29-26)22-8-11-27(30-19-22)35-24-9-7-20-13-16-32(23-4-3-5-23)17-14-21(20)18-24/h1-12,15,18-19H,13-14,16-17H2. The molecule has 4 heterocycles. The maximum absolute atomic E-state index is 12.3. The van der Waals surface area contributed by atoms with Crippen LogP contribution in [-0.4, -0.2) is 37.7 Å². The van der Waals surface area contributed by atoms with Crippen LogP contribution >= 0.6 is 0 Å². The molecule has 0 unspecified atom stereocenters. The zero-order valence-electron chi connectivity index (χ0n) is 19.0. The maximum Gasteiger partial charge on any atom is 0.272 e. The SMILES string of the molecule is O=c1ccc(-c2ccc(Oc3ccc4c(c3)CCN(C3=CC=C3)CC4)nc2)nn1-c1ccccn1. The van der Waals surface area contributed by atoms with Crippen molar-refractivity contribution >= 4 is 0 Å². The van der Waals surface area contributed by atoms with E-state index in [9.17, 15) is 4.79 Å². The highest BCUT2D eigenvalue weighted by Crippen LogP contribution is 2.28. The van der Waals surface area contributed by atoms with Crippen LogP contribution in [0.25, 0.3) is 17.1 Å². The minimum atomic E-state index is -0.243. The van der Waals surface area contributed by atoms with Crippen molar-refractivity contribution in [3.63, 3.8) is 0 Å². The number of rotatable bonds is 5. The molecule has 1 aromatic carbocycles. The molecule has 2 aliphatic rings. The minimum absolute atomic E-state index is 0.243. The van der Waals surface area contributed by atoms with Gasteiger partial charge < -0.3 is 9.64 Å². The van der Waals surface area contributed by atoms with E-state index >= 15 is 0 Å². The van der Waals surface area contributed by atoms with Crippen molar-refractivity contribution in [2.75, 3.05) is 13.1 Å². The van der Waals surface area contributed by atoms with E-state index in [2.05, 4.69) is 50.3 Å². The van der Waals surface area contributed by atoms with Crippen LogP contribution in [0.5, 0.6) is 11.6 Å². The summed E-state index contributed by atoms with van der Waals surface area (Å²) in [5.41, 5.74) is 5.19. The highest BCUT2D eigenvalue weighted by atomic mass is 16.5. The van der Waals surface area contributed by atoms with Gasteiger partial charge in [0.15, 0.2) is 5.82 Å². The van der Waals surface area contributed by atoms with Gasteiger partial charge in [0.05, 0.1) is 5.69 Å². The van der Waals surface area contributed by atoms with E-state index in [4.69, 9.17) is 4.74 Å². The Morgan fingerprint density at radius 1 is 0.886 bits per heavy atom. The molecule has 7 nitrogen and oxygen atoms in total. The molecule has 0 atom stereocenters. The summed E-state index contributed by atoms with van der Waals surface area (Å²) in [6.07, 6.45) is 11.8. The molecule has 1 aliphatic heterocycles. The molecule has 0 N–H and O–H groups in total. The highest BCUT2D eigenvalue weighted by Gasteiger charge is 2.17. The molecule has 6 rings (SSSR count). The summed E-state index contributed by atoms with van der Waals surface area (Å²) < 4.78 is 7.35. The fraction of sp³-hybridized carbons (Fsp3) is 0.143. The third-order valence-corrected chi connectivity index (χ3v) is 6.30. The molecule has 0 amide bonds. The summed E-state index contributed by atoms with van der Waals surface area (Å²) in [5, 5.41) is 4.46. The Kier molecular flexibility index (Phi) is 5.42. The molecule has 0 radical (unpaired) electrons. The molecule has 0 saturated carbocycles. The Morgan fingerprint density at radius 2 is 1.77 bits per heavy atom. The molecule has 4 aromatic rings. The lowest BCUT2D eigenvalue weighted by Gasteiger charge is -2.26. The second kappa shape index (κ2) is 9.02. The highest BCUT2D eigenvalue weighted by molar-refractivity contribution is 5.57. The minimum Gasteiger partial charge on any atom is -0.439 e. The first-order valence-corrected chi connectivity index (χ1v) is 11.6. The lowest BCUT2D eigenvalue weighted by atomic mass is 10.0. The molecule has 7 heteroatoms. The van der Waals surface area contributed by atoms with Gasteiger partial charge in [-0.05, 0) is 72.5 Å². The van der Waals surface area contributed by atoms with Gasteiger partial charge in [0.25, 0.3) is 5.56 Å². The van der Waals surface area contributed by atoms with Crippen LogP contribution in [0, 0.1) is 0 Å². The topological polar surface area (TPSA) is 73.1 Å². The Labute approximate surface area is 202 Å². The van der Waals surface area contributed by atoms with Crippen LogP contribution in [0.3, 0.4) is 0 Å². The van der Waals surface area contributed by atoms with Crippen LogP contribution in [0.4, 0.5) is 0 Å². The van der Waals surface area contributed by atoms with Crippen LogP contribution in [0.1, 0.15) is 11.1 Å². The summed E-state index contributed by atoms with van der Waals surface area (Å²) >= 11 is 0. The van der Waals surface area contributed by atoms with Gasteiger partial charge in [-0.2, -0.15) is 9.78 Å². The monoisotopic (exact) mass is 461 g/mol. The van der Waals surface area contributed by atoms with E-state index < -0.39 is 0 Å². The number of pyridine rings is 2. The fourth-order valence-electron chi connectivity index (χ4n) is 4.34. The number of aromatic nitrogens is 4. The van der Waals surface area contributed by atoms with Crippen LogP contribution < -0.4 is 10.3 Å². The number of nitrogens with zero attached hydrogens (tertiary/aromatic N) is 5. The summed E-state index contributed by atoms with van der Waals surface area (Å²) in [5.74, 6) is 1.76. The van der Waals surface area contributed by atoms with Crippen LogP contribution in [0.2, 0.25) is 0 Å². The summed E-state index contributed by atoms with van der Waals surface area (Å²) in [4.78, 5) is 23.4. The molecular formula is C28H23N5O2. The normalized spacial score (nSPS) is 14.5. The molecule has 35 heavy (non-hydrogen) atoms. The Morgan fingerprint density at radius 3 is 2.51 bits per heavy atom. The van der Waals surface area contributed by atoms with E-state index in [0.717, 1.165) is 37.2 Å². The van der Waals surface area contributed by atoms with Crippen LogP contribution in [0.15, 0.2) is 102 Å². The Balaban J connectivity index is 1.18. The zero-order chi connectivity index (χ0) is 23.6. The summed E-state index contributed by atoms with van der Waals surface area (Å²) in [7, 11) is 0. The van der Waals surface area contributed by atoms with Gasteiger partial charge in [0.2, 0.25) is 5.88 Å². The largest absolute Gasteiger partial charge is 0.439 e. The first kappa shape index (κ1) is 21.0. The molecule has 0 fully saturated rings. The van der Waals surface area contributed by atoms with Crippen molar-refractivity contribution in [2.24, 2.45) is 0 Å². The number of hydrogen-bond donors (Lipinski definition) is 0. The van der Waals surface area contributed by atoms with Crippen molar-refractivity contribution in [2.45, 2.75) is 12.8 Å². The van der Waals surface area contributed by atoms with E-state index in [0.29, 0.717) is 17.4 Å². The van der Waals surface area contributed by atoms with E-state index in [1.807, 2.05) is 24.3 Å². The molecular weight excluding hydrogens is 438 g/mol. The van der Waals surface area contributed by atoms with Gasteiger partial charge in [-0.15, -0.1) is 0 Å². The third kappa shape index (κ3) is 4.36. The van der Waals surface area contributed by atoms with E-state index in [-0.39, 0.29) is 5.56 Å². The first-order chi connectivity index (χ1) is 17.2. The predicted octanol–water partition coefficient (Wildman–Crippen LogP) is 4.34. The van der Waals surface area contributed by atoms with Gasteiger partial charge in [0.1, 0.15) is 5.75 Å². The van der Waals surface area contributed by atoms with Crippen molar-refractivity contribution in [3.8, 4) is 28.7 Å². The van der Waals surface area contributed by atoms with Crippen LogP contribution in [-0.2, 0) is 12.8 Å². The van der Waals surface area contributed by atoms with Crippen molar-refractivity contribution in [1.82, 2.24) is 24.6 Å². The fourth-order valence-corrected chi connectivity index (χ4v) is 4.34. The second-order valence-corrected chi connectivity index (χ2v) is 8.51. The number of benzene rings is 1. The van der Waals surface area contributed by atoms with Gasteiger partial charge in [-0.3, -0.25) is 4.79 Å². The number of ether oxygens (including phenoxy) is 1. The quantitative estimate of drug-likeness (QED) is 0.440. The van der Waals surface area contributed by atoms with Crippen molar-refractivity contribution < 1.29 is 4.74 Å². The average Bonchev–Trinajstić information content (AvgIpc) is 3.07. The van der Waals surface area contributed by atoms with Gasteiger partial charge in [-0.25, -0.2) is 9.97 Å². The van der Waals surface area contributed by atoms with Crippen molar-refractivity contribution in [1.29, 1.82) is 0 Å². The third-order valence-electron chi connectivity index (χ3n) is 6.30. The lowest BCUT2D eigenvalue weighted by Crippen LogP contribution is -2.26. The average molecular weight is 462 g/mol. The molecule has 0 spiro atoms. The van der Waals surface area contributed by atoms with E-state index in [1.165, 1.54) is 27.6 Å². The lowest BCUT2D eigenvalue weighted by molar-refractivity contribution is 0.370. The molecule has 172 valence electrons. The van der Waals surface area contributed by atoms with E-state index in [1.54, 1.807) is 30.6 Å². The molecule has 0 saturated heterocycles. The Hall–Kier alpha value is -4.52. The first-order valence-electron chi connectivity index (χ1n) is 11.6. The smallest absolute Gasteiger partial charge is 0.272 e. The van der Waals surface area contributed by atoms with Crippen molar-refractivity contribution in [3.05, 3.63) is 118 Å². The molecule has 0 bridgehead atoms. The van der Waals surface area contributed by atoms with Gasteiger partial charge in [-0.1, -0.05) is 18.2 Å². The zero-order valence-corrected chi connectivity index (χ0v) is 19.0. The Bertz CT molecular complexity index is 1490. The summed E-state index contributed by atoms with van der Waals surface area (Å²) in [6, 6.07) is 18.5. The number of hydrogen-bond acceptors (Lipinski definition) is 6. The number of allylic oxidation sites excluding steroid dienone is 3. The molecule has 1 aliphatic carbocycles. The number of fused-ring (bicyclic) bond motifs is 1. The summed E-state index contributed by atoms with van der Waals surface area (Å²) in [6.45, 7) is 2.04. The second-order valence-electron chi connectivity index (χ2n) is 8.51.